The van der Waals surface area contributed by atoms with Gasteiger partial charge in [-0.25, -0.2) is 4.68 Å². The molecule has 0 aliphatic heterocycles. The number of rotatable bonds is 3. The largest absolute Gasteiger partial charge is 0.469 e. The summed E-state index contributed by atoms with van der Waals surface area (Å²) in [5.74, 6) is -0.425. The maximum absolute atomic E-state index is 11.7. The lowest BCUT2D eigenvalue weighted by Crippen LogP contribution is -2.33. The molecule has 16 heavy (non-hydrogen) atoms. The number of carbonyl (C=O) groups is 1. The fourth-order valence-electron chi connectivity index (χ4n) is 1.25. The first-order valence-electron chi connectivity index (χ1n) is 4.84. The van der Waals surface area contributed by atoms with E-state index in [1.807, 2.05) is 0 Å². The zero-order valence-corrected chi connectivity index (χ0v) is 9.49. The van der Waals surface area contributed by atoms with Gasteiger partial charge in [-0.15, -0.1) is 0 Å². The molecule has 1 aromatic rings. The Morgan fingerprint density at radius 1 is 1.31 bits per heavy atom. The first-order chi connectivity index (χ1) is 7.47. The number of nitrogens with one attached hydrogen (secondary N) is 1. The van der Waals surface area contributed by atoms with Crippen LogP contribution >= 0.6 is 0 Å². The highest BCUT2D eigenvalue weighted by Gasteiger charge is 2.08. The van der Waals surface area contributed by atoms with Crippen LogP contribution in [0.2, 0.25) is 0 Å². The number of nitrogens with zero attached hydrogens (tertiary/aromatic N) is 1. The summed E-state index contributed by atoms with van der Waals surface area (Å²) in [5.41, 5.74) is 0.191. The Morgan fingerprint density at radius 3 is 2.50 bits per heavy atom. The molecule has 0 saturated carbocycles. The molecule has 0 aliphatic rings. The number of aromatic nitrogens is 2. The molecule has 1 aromatic heterocycles. The van der Waals surface area contributed by atoms with Crippen LogP contribution in [0.4, 0.5) is 0 Å². The van der Waals surface area contributed by atoms with Gasteiger partial charge in [0.15, 0.2) is 0 Å². The third kappa shape index (κ3) is 2.39. The van der Waals surface area contributed by atoms with Crippen molar-refractivity contribution in [2.75, 3.05) is 7.11 Å². The molecule has 1 rings (SSSR count). The van der Waals surface area contributed by atoms with Crippen molar-refractivity contribution in [1.82, 2.24) is 9.78 Å². The summed E-state index contributed by atoms with van der Waals surface area (Å²) >= 11 is 0. The van der Waals surface area contributed by atoms with Crippen LogP contribution in [0.25, 0.3) is 0 Å². The molecule has 0 saturated heterocycles. The Hall–Kier alpha value is -1.85. The van der Waals surface area contributed by atoms with Crippen LogP contribution in [0.15, 0.2) is 9.59 Å². The Balaban J connectivity index is 3.03. The molecule has 88 valence electrons. The number of methoxy groups -OCH3 is 1. The Morgan fingerprint density at radius 2 is 1.94 bits per heavy atom. The summed E-state index contributed by atoms with van der Waals surface area (Å²) in [6.07, 6.45) is 0.0504. The van der Waals surface area contributed by atoms with Crippen molar-refractivity contribution < 1.29 is 9.53 Å². The SMILES string of the molecule is COC(=O)CCn1[nH]c(=O)c(C)c(C)c1=O. The van der Waals surface area contributed by atoms with Crippen LogP contribution in [-0.4, -0.2) is 22.9 Å². The zero-order valence-electron chi connectivity index (χ0n) is 9.49. The van der Waals surface area contributed by atoms with Crippen molar-refractivity contribution in [1.29, 1.82) is 0 Å². The number of carbonyl (C=O) groups excluding carboxylic acids is 1. The lowest BCUT2D eigenvalue weighted by Gasteiger charge is -2.06. The van der Waals surface area contributed by atoms with Gasteiger partial charge in [0, 0.05) is 11.1 Å². The van der Waals surface area contributed by atoms with Crippen molar-refractivity contribution in [3.63, 3.8) is 0 Å². The highest BCUT2D eigenvalue weighted by atomic mass is 16.5. The Labute approximate surface area is 91.8 Å². The van der Waals surface area contributed by atoms with Crippen molar-refractivity contribution in [2.45, 2.75) is 26.8 Å². The summed E-state index contributed by atoms with van der Waals surface area (Å²) in [5, 5.41) is 2.40. The van der Waals surface area contributed by atoms with Gasteiger partial charge in [-0.3, -0.25) is 19.5 Å². The third-order valence-corrected chi connectivity index (χ3v) is 2.47. The van der Waals surface area contributed by atoms with E-state index in [1.165, 1.54) is 7.11 Å². The van der Waals surface area contributed by atoms with Crippen LogP contribution in [0.5, 0.6) is 0 Å². The summed E-state index contributed by atoms with van der Waals surface area (Å²) in [6, 6.07) is 0. The van der Waals surface area contributed by atoms with Gasteiger partial charge in [-0.05, 0) is 13.8 Å². The zero-order chi connectivity index (χ0) is 12.3. The first-order valence-corrected chi connectivity index (χ1v) is 4.84. The average Bonchev–Trinajstić information content (AvgIpc) is 2.28. The molecule has 0 aromatic carbocycles. The van der Waals surface area contributed by atoms with Gasteiger partial charge in [0.1, 0.15) is 0 Å². The second-order valence-electron chi connectivity index (χ2n) is 3.47. The fraction of sp³-hybridized carbons (Fsp3) is 0.500. The number of esters is 1. The summed E-state index contributed by atoms with van der Waals surface area (Å²) in [4.78, 5) is 34.0. The number of H-pyrrole nitrogens is 1. The standard InChI is InChI=1S/C10H14N2O4/c1-6-7(2)10(15)12(11-9(6)14)5-4-8(13)16-3/h4-5H2,1-3H3,(H,11,14). The van der Waals surface area contributed by atoms with Gasteiger partial charge in [0.2, 0.25) is 0 Å². The van der Waals surface area contributed by atoms with Crippen molar-refractivity contribution in [3.05, 3.63) is 31.8 Å². The summed E-state index contributed by atoms with van der Waals surface area (Å²) < 4.78 is 5.58. The van der Waals surface area contributed by atoms with Gasteiger partial charge in [0.25, 0.3) is 11.1 Å². The molecule has 1 heterocycles. The van der Waals surface area contributed by atoms with Gasteiger partial charge in [-0.2, -0.15) is 0 Å². The highest BCUT2D eigenvalue weighted by Crippen LogP contribution is 1.93. The van der Waals surface area contributed by atoms with E-state index in [1.54, 1.807) is 13.8 Å². The Kier molecular flexibility index (Phi) is 3.65. The van der Waals surface area contributed by atoms with E-state index in [0.29, 0.717) is 11.1 Å². The van der Waals surface area contributed by atoms with E-state index in [2.05, 4.69) is 9.84 Å². The molecule has 0 fully saturated rings. The third-order valence-electron chi connectivity index (χ3n) is 2.47. The number of aromatic amines is 1. The van der Waals surface area contributed by atoms with Gasteiger partial charge in [0.05, 0.1) is 20.1 Å². The minimum absolute atomic E-state index is 0.0504. The maximum Gasteiger partial charge on any atom is 0.307 e. The minimum atomic E-state index is -0.425. The van der Waals surface area contributed by atoms with Gasteiger partial charge >= 0.3 is 5.97 Å². The predicted molar refractivity (Wildman–Crippen MR) is 57.4 cm³/mol. The molecule has 6 nitrogen and oxygen atoms in total. The van der Waals surface area contributed by atoms with Crippen LogP contribution in [0.3, 0.4) is 0 Å². The number of ether oxygens (including phenoxy) is 1. The van der Waals surface area contributed by atoms with Crippen molar-refractivity contribution >= 4 is 5.97 Å². The number of aryl methyl sites for hydroxylation is 1. The predicted octanol–water partition coefficient (Wildman–Crippen LogP) is -0.283. The first kappa shape index (κ1) is 12.2. The second kappa shape index (κ2) is 4.78. The van der Waals surface area contributed by atoms with Crippen LogP contribution in [0.1, 0.15) is 17.5 Å². The van der Waals surface area contributed by atoms with E-state index < -0.39 is 5.97 Å². The molecule has 0 spiro atoms. The molecule has 0 radical (unpaired) electrons. The van der Waals surface area contributed by atoms with E-state index in [4.69, 9.17) is 0 Å². The van der Waals surface area contributed by atoms with Gasteiger partial charge < -0.3 is 4.74 Å². The smallest absolute Gasteiger partial charge is 0.307 e. The molecule has 0 unspecified atom stereocenters. The molecule has 0 atom stereocenters. The van der Waals surface area contributed by atoms with E-state index >= 15 is 0 Å². The minimum Gasteiger partial charge on any atom is -0.469 e. The van der Waals surface area contributed by atoms with Crippen LogP contribution in [0, 0.1) is 13.8 Å². The normalized spacial score (nSPS) is 10.2. The van der Waals surface area contributed by atoms with E-state index in [0.717, 1.165) is 4.68 Å². The fourth-order valence-corrected chi connectivity index (χ4v) is 1.25. The number of hydrogen-bond acceptors (Lipinski definition) is 4. The van der Waals surface area contributed by atoms with Gasteiger partial charge in [-0.1, -0.05) is 0 Å². The second-order valence-corrected chi connectivity index (χ2v) is 3.47. The molecular formula is C10H14N2O4. The molecule has 6 heteroatoms. The lowest BCUT2D eigenvalue weighted by atomic mass is 10.2. The monoisotopic (exact) mass is 226 g/mol. The van der Waals surface area contributed by atoms with E-state index in [-0.39, 0.29) is 24.1 Å². The molecular weight excluding hydrogens is 212 g/mol. The Bertz CT molecular complexity index is 513. The quantitative estimate of drug-likeness (QED) is 0.718. The lowest BCUT2D eigenvalue weighted by molar-refractivity contribution is -0.140. The van der Waals surface area contributed by atoms with Crippen molar-refractivity contribution in [2.24, 2.45) is 0 Å². The molecule has 0 bridgehead atoms. The highest BCUT2D eigenvalue weighted by molar-refractivity contribution is 5.68. The molecule has 0 aliphatic carbocycles. The van der Waals surface area contributed by atoms with E-state index in [9.17, 15) is 14.4 Å². The average molecular weight is 226 g/mol. The van der Waals surface area contributed by atoms with Crippen LogP contribution in [-0.2, 0) is 16.1 Å². The topological polar surface area (TPSA) is 81.2 Å². The van der Waals surface area contributed by atoms with Crippen LogP contribution < -0.4 is 11.1 Å². The number of hydrogen-bond donors (Lipinski definition) is 1. The molecule has 1 N–H and O–H groups in total. The van der Waals surface area contributed by atoms with Crippen molar-refractivity contribution in [3.8, 4) is 0 Å². The maximum atomic E-state index is 11.7. The molecule has 0 amide bonds. The summed E-state index contributed by atoms with van der Waals surface area (Å²) in [7, 11) is 1.27. The summed E-state index contributed by atoms with van der Waals surface area (Å²) in [6.45, 7) is 3.28.